The van der Waals surface area contributed by atoms with Crippen molar-refractivity contribution in [2.24, 2.45) is 0 Å². The topological polar surface area (TPSA) is 29.5 Å². The summed E-state index contributed by atoms with van der Waals surface area (Å²) in [6.07, 6.45) is 3.39. The molecule has 0 saturated heterocycles. The van der Waals surface area contributed by atoms with Gasteiger partial charge < -0.3 is 4.74 Å². The molecule has 0 aliphatic carbocycles. The number of carbonyl (C=O) groups is 1. The van der Waals surface area contributed by atoms with Gasteiger partial charge >= 0.3 is 0 Å². The largest absolute Gasteiger partial charge is 0.334 e. The van der Waals surface area contributed by atoms with Crippen LogP contribution >= 0.6 is 0 Å². The van der Waals surface area contributed by atoms with Crippen molar-refractivity contribution in [3.05, 3.63) is 144 Å². The maximum absolute atomic E-state index is 12.9. The van der Waals surface area contributed by atoms with Crippen LogP contribution in [-0.2, 0) is 15.1 Å². The van der Waals surface area contributed by atoms with E-state index in [1.165, 1.54) is 0 Å². The van der Waals surface area contributed by atoms with Crippen LogP contribution in [0.4, 0.5) is 5.69 Å². The van der Waals surface area contributed by atoms with Gasteiger partial charge in [-0.05, 0) is 28.8 Å². The first kappa shape index (κ1) is 20.9. The fraction of sp³-hybridized carbons (Fsp3) is 0.100. The highest BCUT2D eigenvalue weighted by Crippen LogP contribution is 2.49. The highest BCUT2D eigenvalue weighted by atomic mass is 16.5. The number of rotatable bonds is 4. The fourth-order valence-electron chi connectivity index (χ4n) is 4.61. The molecule has 4 aromatic carbocycles. The molecule has 0 unspecified atom stereocenters. The average Bonchev–Trinajstić information content (AvgIpc) is 2.88. The Morgan fingerprint density at radius 2 is 1.27 bits per heavy atom. The van der Waals surface area contributed by atoms with Gasteiger partial charge in [0.2, 0.25) is 5.91 Å². The summed E-state index contributed by atoms with van der Waals surface area (Å²) in [7, 11) is 0. The van der Waals surface area contributed by atoms with E-state index in [4.69, 9.17) is 4.74 Å². The molecule has 0 spiro atoms. The number of ether oxygens (including phenoxy) is 1. The van der Waals surface area contributed by atoms with E-state index in [0.29, 0.717) is 0 Å². The Morgan fingerprint density at radius 1 is 0.758 bits per heavy atom. The van der Waals surface area contributed by atoms with Gasteiger partial charge in [-0.15, -0.1) is 0 Å². The Balaban J connectivity index is 1.76. The van der Waals surface area contributed by atoms with E-state index < -0.39 is 11.8 Å². The van der Waals surface area contributed by atoms with Crippen LogP contribution in [0.3, 0.4) is 0 Å². The number of amides is 1. The molecule has 1 atom stereocenters. The summed E-state index contributed by atoms with van der Waals surface area (Å²) < 4.78 is 6.99. The second-order valence-corrected chi connectivity index (χ2v) is 8.10. The van der Waals surface area contributed by atoms with Gasteiger partial charge in [-0.2, -0.15) is 0 Å². The number of hydrogen-bond acceptors (Lipinski definition) is 2. The van der Waals surface area contributed by atoms with E-state index in [-0.39, 0.29) is 5.91 Å². The third kappa shape index (κ3) is 3.77. The zero-order chi connectivity index (χ0) is 22.7. The first-order valence-electron chi connectivity index (χ1n) is 11.1. The molecule has 3 nitrogen and oxygen atoms in total. The molecule has 1 heterocycles. The van der Waals surface area contributed by atoms with Crippen molar-refractivity contribution in [2.45, 2.75) is 18.8 Å². The minimum Gasteiger partial charge on any atom is -0.334 e. The van der Waals surface area contributed by atoms with Crippen molar-refractivity contribution in [3.63, 3.8) is 0 Å². The summed E-state index contributed by atoms with van der Waals surface area (Å²) in [6, 6.07) is 38.6. The first-order chi connectivity index (χ1) is 16.2. The van der Waals surface area contributed by atoms with Gasteiger partial charge in [-0.25, -0.2) is 0 Å². The molecular formula is C30H25NO2. The van der Waals surface area contributed by atoms with Gasteiger partial charge in [0.05, 0.1) is 5.69 Å². The normalized spacial score (nSPS) is 17.0. The quantitative estimate of drug-likeness (QED) is 0.374. The second-order valence-electron chi connectivity index (χ2n) is 8.10. The maximum Gasteiger partial charge on any atom is 0.226 e. The molecule has 1 aliphatic rings. The SMILES string of the molecule is CC(=O)N1c2ccccc2C(c2ccccc2)(c2ccccc2)O[C@H]1/C=C/c1ccccc1. The lowest BCUT2D eigenvalue weighted by Crippen LogP contribution is -2.51. The minimum atomic E-state index is -0.864. The Kier molecular flexibility index (Phi) is 5.64. The van der Waals surface area contributed by atoms with Gasteiger partial charge in [-0.1, -0.05) is 115 Å². The van der Waals surface area contributed by atoms with Crippen LogP contribution in [0.1, 0.15) is 29.2 Å². The number of anilines is 1. The number of fused-ring (bicyclic) bond motifs is 1. The van der Waals surface area contributed by atoms with Gasteiger partial charge in [0, 0.05) is 12.5 Å². The summed E-state index contributed by atoms with van der Waals surface area (Å²) in [5.74, 6) is -0.0696. The van der Waals surface area contributed by atoms with Gasteiger partial charge in [0.15, 0.2) is 6.23 Å². The Morgan fingerprint density at radius 3 is 1.85 bits per heavy atom. The van der Waals surface area contributed by atoms with E-state index in [9.17, 15) is 4.79 Å². The van der Waals surface area contributed by atoms with Crippen molar-refractivity contribution >= 4 is 17.7 Å². The summed E-state index contributed by atoms with van der Waals surface area (Å²) >= 11 is 0. The van der Waals surface area contributed by atoms with Crippen LogP contribution in [0.25, 0.3) is 6.08 Å². The van der Waals surface area contributed by atoms with E-state index in [1.54, 1.807) is 11.8 Å². The molecule has 0 N–H and O–H groups in total. The molecule has 162 valence electrons. The molecule has 4 aromatic rings. The molecule has 1 aliphatic heterocycles. The molecule has 0 saturated carbocycles. The van der Waals surface area contributed by atoms with Crippen molar-refractivity contribution in [1.29, 1.82) is 0 Å². The molecule has 5 rings (SSSR count). The summed E-state index contributed by atoms with van der Waals surface area (Å²) in [6.45, 7) is 1.58. The zero-order valence-electron chi connectivity index (χ0n) is 18.5. The lowest BCUT2D eigenvalue weighted by atomic mass is 9.78. The molecule has 1 amide bonds. The monoisotopic (exact) mass is 431 g/mol. The van der Waals surface area contributed by atoms with E-state index in [0.717, 1.165) is 27.9 Å². The molecule has 0 bridgehead atoms. The Hall–Kier alpha value is -3.95. The van der Waals surface area contributed by atoms with Gasteiger partial charge in [0.25, 0.3) is 0 Å². The number of hydrogen-bond donors (Lipinski definition) is 0. The molecule has 0 fully saturated rings. The standard InChI is InChI=1S/C30H25NO2/c1-23(32)31-28-20-12-11-19-27(28)30(25-15-7-3-8-16-25,26-17-9-4-10-18-26)33-29(31)22-21-24-13-5-2-6-14-24/h2-22,29H,1H3/b22-21+/t29-/m0/s1. The van der Waals surface area contributed by atoms with Crippen molar-refractivity contribution in [3.8, 4) is 0 Å². The first-order valence-corrected chi connectivity index (χ1v) is 11.1. The predicted molar refractivity (Wildman–Crippen MR) is 133 cm³/mol. The van der Waals surface area contributed by atoms with E-state index in [2.05, 4.69) is 30.3 Å². The molecular weight excluding hydrogens is 406 g/mol. The van der Waals surface area contributed by atoms with Gasteiger partial charge in [-0.3, -0.25) is 9.69 Å². The minimum absolute atomic E-state index is 0.0696. The predicted octanol–water partition coefficient (Wildman–Crippen LogP) is 6.40. The van der Waals surface area contributed by atoms with Crippen LogP contribution in [0.2, 0.25) is 0 Å². The third-order valence-electron chi connectivity index (χ3n) is 6.05. The fourth-order valence-corrected chi connectivity index (χ4v) is 4.61. The smallest absolute Gasteiger partial charge is 0.226 e. The highest BCUT2D eigenvalue weighted by Gasteiger charge is 2.47. The van der Waals surface area contributed by atoms with Crippen LogP contribution in [0.15, 0.2) is 121 Å². The number of benzene rings is 4. The van der Waals surface area contributed by atoms with Crippen LogP contribution in [-0.4, -0.2) is 12.1 Å². The average molecular weight is 432 g/mol. The van der Waals surface area contributed by atoms with Crippen molar-refractivity contribution in [1.82, 2.24) is 0 Å². The van der Waals surface area contributed by atoms with E-state index >= 15 is 0 Å². The van der Waals surface area contributed by atoms with Crippen LogP contribution in [0.5, 0.6) is 0 Å². The second kappa shape index (κ2) is 8.89. The van der Waals surface area contributed by atoms with Gasteiger partial charge in [0.1, 0.15) is 5.60 Å². The highest BCUT2D eigenvalue weighted by molar-refractivity contribution is 5.94. The molecule has 0 aromatic heterocycles. The Labute approximate surface area is 194 Å². The number of para-hydroxylation sites is 1. The molecule has 3 heteroatoms. The Bertz CT molecular complexity index is 1230. The summed E-state index contributed by atoms with van der Waals surface area (Å²) in [5.41, 5.74) is 4.02. The number of carbonyl (C=O) groups excluding carboxylic acids is 1. The summed E-state index contributed by atoms with van der Waals surface area (Å²) in [5, 5.41) is 0. The molecule has 0 radical (unpaired) electrons. The number of nitrogens with zero attached hydrogens (tertiary/aromatic N) is 1. The zero-order valence-corrected chi connectivity index (χ0v) is 18.5. The van der Waals surface area contributed by atoms with Crippen molar-refractivity contribution < 1.29 is 9.53 Å². The maximum atomic E-state index is 12.9. The molecule has 33 heavy (non-hydrogen) atoms. The van der Waals surface area contributed by atoms with Crippen LogP contribution < -0.4 is 4.90 Å². The van der Waals surface area contributed by atoms with Crippen LogP contribution in [0, 0.1) is 0 Å². The third-order valence-corrected chi connectivity index (χ3v) is 6.05. The lowest BCUT2D eigenvalue weighted by Gasteiger charge is -2.47. The summed E-state index contributed by atoms with van der Waals surface area (Å²) in [4.78, 5) is 14.6. The lowest BCUT2D eigenvalue weighted by molar-refractivity contribution is -0.121. The van der Waals surface area contributed by atoms with E-state index in [1.807, 2.05) is 97.1 Å². The van der Waals surface area contributed by atoms with Crippen molar-refractivity contribution in [2.75, 3.05) is 4.90 Å².